The minimum atomic E-state index is -5.16. The molecule has 4 aromatic rings. The number of rotatable bonds is 7. The van der Waals surface area contributed by atoms with E-state index in [9.17, 15) is 30.8 Å². The molecule has 0 atom stereocenters. The molecule has 1 aliphatic heterocycles. The van der Waals surface area contributed by atoms with Crippen LogP contribution in [-0.4, -0.2) is 61.7 Å². The Balaban J connectivity index is 1.34. The highest BCUT2D eigenvalue weighted by atomic mass is 35.5. The van der Waals surface area contributed by atoms with Crippen LogP contribution in [0.15, 0.2) is 77.8 Å². The molecule has 0 bridgehead atoms. The number of piperazine rings is 1. The summed E-state index contributed by atoms with van der Waals surface area (Å²) in [5.74, 6) is -1.89. The number of aromatic nitrogens is 1. The van der Waals surface area contributed by atoms with Gasteiger partial charge in [-0.05, 0) is 42.5 Å². The number of fused-ring (bicyclic) bond motifs is 1. The van der Waals surface area contributed by atoms with Crippen LogP contribution in [0.4, 0.5) is 23.2 Å². The van der Waals surface area contributed by atoms with Crippen molar-refractivity contribution >= 4 is 44.1 Å². The molecular weight excluding hydrogens is 600 g/mol. The van der Waals surface area contributed by atoms with Gasteiger partial charge in [0.2, 0.25) is 0 Å². The van der Waals surface area contributed by atoms with E-state index in [-0.39, 0.29) is 34.1 Å². The van der Waals surface area contributed by atoms with Crippen LogP contribution in [0, 0.1) is 5.82 Å². The highest BCUT2D eigenvalue weighted by Gasteiger charge is 2.34. The summed E-state index contributed by atoms with van der Waals surface area (Å²) in [5.41, 5.74) is -0.0474. The van der Waals surface area contributed by atoms with Crippen LogP contribution in [0.2, 0.25) is 5.02 Å². The molecule has 8 nitrogen and oxygen atoms in total. The number of sulfonamides is 1. The molecular formula is C28H23ClF4N4O4S. The number of nitrogens with zero attached hydrogens (tertiary/aromatic N) is 3. The number of nitrogens with one attached hydrogen (secondary N) is 1. The number of anilines is 1. The summed E-state index contributed by atoms with van der Waals surface area (Å²) in [6.07, 6.45) is -3.76. The lowest BCUT2D eigenvalue weighted by molar-refractivity contribution is -0.274. The number of carbonyl (C=O) groups is 1. The Hall–Kier alpha value is -3.94. The zero-order valence-electron chi connectivity index (χ0n) is 21.7. The van der Waals surface area contributed by atoms with Crippen LogP contribution >= 0.6 is 11.6 Å². The molecule has 1 aliphatic rings. The number of pyridine rings is 1. The molecule has 1 saturated heterocycles. The van der Waals surface area contributed by atoms with Crippen LogP contribution in [-0.2, 0) is 16.6 Å². The van der Waals surface area contributed by atoms with Gasteiger partial charge in [-0.3, -0.25) is 19.4 Å². The van der Waals surface area contributed by atoms with Crippen LogP contribution < -0.4 is 9.46 Å². The average molecular weight is 623 g/mol. The SMILES string of the molecule is O=C(c1ccc(NS(=O)(=O)c2cccc3cccnc23)c(OC(F)(F)F)c1)N1CCN(Cc2ccc(Cl)cc2F)CC1. The highest BCUT2D eigenvalue weighted by molar-refractivity contribution is 7.93. The summed E-state index contributed by atoms with van der Waals surface area (Å²) < 4.78 is 86.7. The molecule has 0 unspecified atom stereocenters. The van der Waals surface area contributed by atoms with Crippen molar-refractivity contribution in [3.63, 3.8) is 0 Å². The molecule has 14 heteroatoms. The van der Waals surface area contributed by atoms with E-state index >= 15 is 0 Å². The minimum absolute atomic E-state index is 0.124. The van der Waals surface area contributed by atoms with Crippen LogP contribution in [0.5, 0.6) is 5.75 Å². The van der Waals surface area contributed by atoms with E-state index in [0.29, 0.717) is 30.6 Å². The standard InChI is InChI=1S/C28H23ClF4N4O4S/c29-21-8-6-20(22(30)16-21)17-36-11-13-37(14-12-36)27(38)19-7-9-23(24(15-19)41-28(31,32)33)35-42(39,40)25-5-1-3-18-4-2-10-34-26(18)25/h1-10,15-16,35H,11-14,17H2. The van der Waals surface area contributed by atoms with E-state index in [1.54, 1.807) is 30.3 Å². The van der Waals surface area contributed by atoms with Crippen molar-refractivity contribution in [3.05, 3.63) is 94.9 Å². The van der Waals surface area contributed by atoms with Crippen molar-refractivity contribution in [2.24, 2.45) is 0 Å². The number of benzene rings is 3. The maximum atomic E-state index is 14.2. The number of carbonyl (C=O) groups excluding carboxylic acids is 1. The van der Waals surface area contributed by atoms with Gasteiger partial charge in [-0.15, -0.1) is 13.2 Å². The lowest BCUT2D eigenvalue weighted by Gasteiger charge is -2.35. The van der Waals surface area contributed by atoms with Crippen molar-refractivity contribution in [2.45, 2.75) is 17.8 Å². The molecule has 5 rings (SSSR count). The normalized spacial score (nSPS) is 14.6. The van der Waals surface area contributed by atoms with Gasteiger partial charge in [0.05, 0.1) is 11.2 Å². The number of hydrogen-bond acceptors (Lipinski definition) is 6. The first-order valence-electron chi connectivity index (χ1n) is 12.6. The first-order chi connectivity index (χ1) is 19.9. The maximum Gasteiger partial charge on any atom is 0.573 e. The molecule has 220 valence electrons. The molecule has 0 radical (unpaired) electrons. The Bertz CT molecular complexity index is 1740. The first kappa shape index (κ1) is 29.5. The number of amides is 1. The van der Waals surface area contributed by atoms with Crippen LogP contribution in [0.3, 0.4) is 0 Å². The van der Waals surface area contributed by atoms with E-state index in [4.69, 9.17) is 11.6 Å². The summed E-state index contributed by atoms with van der Waals surface area (Å²) in [5, 5.41) is 0.802. The second kappa shape index (κ2) is 11.7. The van der Waals surface area contributed by atoms with E-state index in [1.165, 1.54) is 35.4 Å². The summed E-state index contributed by atoms with van der Waals surface area (Å²) in [7, 11) is -4.40. The maximum absolute atomic E-state index is 14.2. The smallest absolute Gasteiger partial charge is 0.404 e. The van der Waals surface area contributed by atoms with Crippen LogP contribution in [0.1, 0.15) is 15.9 Å². The molecule has 1 aromatic heterocycles. The van der Waals surface area contributed by atoms with Crippen molar-refractivity contribution < 1.29 is 35.5 Å². The zero-order valence-corrected chi connectivity index (χ0v) is 23.3. The fraction of sp³-hybridized carbons (Fsp3) is 0.214. The van der Waals surface area contributed by atoms with Gasteiger partial charge in [-0.1, -0.05) is 35.9 Å². The molecule has 3 aromatic carbocycles. The highest BCUT2D eigenvalue weighted by Crippen LogP contribution is 2.34. The van der Waals surface area contributed by atoms with E-state index in [0.717, 1.165) is 12.1 Å². The Morgan fingerprint density at radius 1 is 1.00 bits per heavy atom. The second-order valence-corrected chi connectivity index (χ2v) is 11.6. The number of para-hydroxylation sites is 1. The second-order valence-electron chi connectivity index (χ2n) is 9.50. The van der Waals surface area contributed by atoms with Crippen molar-refractivity contribution in [3.8, 4) is 5.75 Å². The van der Waals surface area contributed by atoms with Gasteiger partial charge < -0.3 is 9.64 Å². The van der Waals surface area contributed by atoms with Gasteiger partial charge >= 0.3 is 6.36 Å². The predicted molar refractivity (Wildman–Crippen MR) is 148 cm³/mol. The molecule has 1 N–H and O–H groups in total. The van der Waals surface area contributed by atoms with Crippen LogP contribution in [0.25, 0.3) is 10.9 Å². The number of ether oxygens (including phenoxy) is 1. The van der Waals surface area contributed by atoms with Gasteiger partial charge in [-0.2, -0.15) is 0 Å². The van der Waals surface area contributed by atoms with Gasteiger partial charge in [0.15, 0.2) is 5.75 Å². The topological polar surface area (TPSA) is 91.8 Å². The molecule has 42 heavy (non-hydrogen) atoms. The van der Waals surface area contributed by atoms with Crippen molar-refractivity contribution in [1.29, 1.82) is 0 Å². The number of hydrogen-bond donors (Lipinski definition) is 1. The third-order valence-electron chi connectivity index (χ3n) is 6.65. The summed E-state index contributed by atoms with van der Waals surface area (Å²) in [6.45, 7) is 1.58. The molecule has 0 spiro atoms. The van der Waals surface area contributed by atoms with E-state index in [1.807, 2.05) is 4.90 Å². The molecule has 1 amide bonds. The lowest BCUT2D eigenvalue weighted by Crippen LogP contribution is -2.48. The Labute approximate surface area is 243 Å². The predicted octanol–water partition coefficient (Wildman–Crippen LogP) is 5.68. The molecule has 0 aliphatic carbocycles. The lowest BCUT2D eigenvalue weighted by atomic mass is 10.1. The van der Waals surface area contributed by atoms with E-state index in [2.05, 4.69) is 14.4 Å². The van der Waals surface area contributed by atoms with E-state index < -0.39 is 39.5 Å². The third kappa shape index (κ3) is 6.75. The number of alkyl halides is 3. The summed E-state index contributed by atoms with van der Waals surface area (Å²) >= 11 is 5.80. The average Bonchev–Trinajstić information content (AvgIpc) is 2.94. The van der Waals surface area contributed by atoms with Gasteiger partial charge in [-0.25, -0.2) is 12.8 Å². The Morgan fingerprint density at radius 3 is 2.45 bits per heavy atom. The summed E-state index contributed by atoms with van der Waals surface area (Å²) in [6, 6.07) is 15.2. The largest absolute Gasteiger partial charge is 0.573 e. The monoisotopic (exact) mass is 622 g/mol. The van der Waals surface area contributed by atoms with Crippen molar-refractivity contribution in [2.75, 3.05) is 30.9 Å². The Morgan fingerprint density at radius 2 is 1.74 bits per heavy atom. The fourth-order valence-corrected chi connectivity index (χ4v) is 6.03. The third-order valence-corrected chi connectivity index (χ3v) is 8.28. The molecule has 1 fully saturated rings. The van der Waals surface area contributed by atoms with Crippen molar-refractivity contribution in [1.82, 2.24) is 14.8 Å². The molecule has 2 heterocycles. The number of halogens is 5. The Kier molecular flexibility index (Phi) is 8.26. The summed E-state index contributed by atoms with van der Waals surface area (Å²) in [4.78, 5) is 20.4. The van der Waals surface area contributed by atoms with Gasteiger partial charge in [0, 0.05) is 60.5 Å². The van der Waals surface area contributed by atoms with Gasteiger partial charge in [0.25, 0.3) is 15.9 Å². The fourth-order valence-electron chi connectivity index (χ4n) is 4.62. The van der Waals surface area contributed by atoms with Gasteiger partial charge in [0.1, 0.15) is 10.7 Å². The first-order valence-corrected chi connectivity index (χ1v) is 14.5. The minimum Gasteiger partial charge on any atom is -0.404 e. The quantitative estimate of drug-likeness (QED) is 0.267. The molecule has 0 saturated carbocycles. The zero-order chi connectivity index (χ0) is 30.1.